The molecule has 1 aromatic heterocycles. The van der Waals surface area contributed by atoms with Crippen LogP contribution in [0.25, 0.3) is 0 Å². The fourth-order valence-electron chi connectivity index (χ4n) is 2.96. The molecule has 0 saturated heterocycles. The highest BCUT2D eigenvalue weighted by atomic mass is 35.5. The summed E-state index contributed by atoms with van der Waals surface area (Å²) in [6, 6.07) is 11.2. The Labute approximate surface area is 175 Å². The summed E-state index contributed by atoms with van der Waals surface area (Å²) in [6.45, 7) is 2.62. The monoisotopic (exact) mass is 434 g/mol. The number of nitrogens with zero attached hydrogens (tertiary/aromatic N) is 4. The van der Waals surface area contributed by atoms with Gasteiger partial charge < -0.3 is 5.32 Å². The van der Waals surface area contributed by atoms with E-state index in [-0.39, 0.29) is 11.9 Å². The Morgan fingerprint density at radius 1 is 1.31 bits per heavy atom. The Balaban J connectivity index is 1.98. The highest BCUT2D eigenvalue weighted by Gasteiger charge is 2.32. The van der Waals surface area contributed by atoms with Crippen LogP contribution >= 0.6 is 11.6 Å². The van der Waals surface area contributed by atoms with E-state index in [1.165, 1.54) is 0 Å². The van der Waals surface area contributed by atoms with Gasteiger partial charge in [-0.3, -0.25) is 4.98 Å². The zero-order chi connectivity index (χ0) is 20.9. The maximum atomic E-state index is 12.2. The standard InChI is InChI=1S/C19H23ClN6O2S/c1-3-10-23-29(27,28)25-19(21-2)26-13-17(15-5-4-11-22-12-15)18(24-26)14-6-8-16(20)9-7-14/h4-9,11-12,17,23H,3,10,13H2,1-2H3,(H,21,25). The molecule has 2 heterocycles. The van der Waals surface area contributed by atoms with Gasteiger partial charge in [0.1, 0.15) is 0 Å². The summed E-state index contributed by atoms with van der Waals surface area (Å²) in [6.07, 6.45) is 4.17. The molecule has 2 aromatic rings. The van der Waals surface area contributed by atoms with Crippen molar-refractivity contribution in [3.05, 3.63) is 64.9 Å². The Morgan fingerprint density at radius 2 is 2.07 bits per heavy atom. The Kier molecular flexibility index (Phi) is 6.83. The van der Waals surface area contributed by atoms with Gasteiger partial charge in [-0.2, -0.15) is 18.2 Å². The van der Waals surface area contributed by atoms with Crippen LogP contribution in [-0.4, -0.2) is 50.2 Å². The lowest BCUT2D eigenvalue weighted by molar-refractivity contribution is 0.460. The molecule has 3 rings (SSSR count). The second-order valence-electron chi connectivity index (χ2n) is 6.45. The van der Waals surface area contributed by atoms with Gasteiger partial charge in [0.25, 0.3) is 0 Å². The first kappa shape index (κ1) is 21.2. The summed E-state index contributed by atoms with van der Waals surface area (Å²) in [5.41, 5.74) is 2.66. The molecule has 154 valence electrons. The molecule has 0 fully saturated rings. The smallest absolute Gasteiger partial charge is 0.323 e. The minimum Gasteiger partial charge on any atom is -0.357 e. The summed E-state index contributed by atoms with van der Waals surface area (Å²) in [5.74, 6) is 0.0428. The summed E-state index contributed by atoms with van der Waals surface area (Å²) in [4.78, 5) is 4.21. The number of benzene rings is 1. The lowest BCUT2D eigenvalue weighted by Crippen LogP contribution is -2.38. The lowest BCUT2D eigenvalue weighted by atomic mass is 9.92. The molecule has 2 N–H and O–H groups in total. The molecule has 1 unspecified atom stereocenters. The molecule has 29 heavy (non-hydrogen) atoms. The van der Waals surface area contributed by atoms with Crippen molar-refractivity contribution in [3.63, 3.8) is 0 Å². The molecule has 8 nitrogen and oxygen atoms in total. The molecular weight excluding hydrogens is 412 g/mol. The molecule has 0 aliphatic carbocycles. The number of hydrogen-bond donors (Lipinski definition) is 2. The van der Waals surface area contributed by atoms with E-state index in [1.54, 1.807) is 36.6 Å². The molecular formula is C19H23ClN6O2S. The molecule has 1 aliphatic rings. The molecule has 0 bridgehead atoms. The van der Waals surface area contributed by atoms with Crippen molar-refractivity contribution in [2.75, 3.05) is 20.1 Å². The predicted molar refractivity (Wildman–Crippen MR) is 115 cm³/mol. The third kappa shape index (κ3) is 5.31. The molecule has 1 aliphatic heterocycles. The van der Waals surface area contributed by atoms with E-state index in [0.29, 0.717) is 24.5 Å². The summed E-state index contributed by atoms with van der Waals surface area (Å²) < 4.78 is 30.7. The van der Waals surface area contributed by atoms with Crippen molar-refractivity contribution in [2.45, 2.75) is 19.3 Å². The summed E-state index contributed by atoms with van der Waals surface area (Å²) in [7, 11) is -2.21. The highest BCUT2D eigenvalue weighted by Crippen LogP contribution is 2.29. The Bertz CT molecular complexity index is 993. The molecule has 0 amide bonds. The molecule has 1 aromatic carbocycles. The summed E-state index contributed by atoms with van der Waals surface area (Å²) >= 11 is 6.02. The molecule has 0 spiro atoms. The zero-order valence-corrected chi connectivity index (χ0v) is 17.8. The number of nitrogens with one attached hydrogen (secondary N) is 2. The van der Waals surface area contributed by atoms with Gasteiger partial charge >= 0.3 is 10.2 Å². The summed E-state index contributed by atoms with van der Waals surface area (Å²) in [5, 5.41) is 9.71. The van der Waals surface area contributed by atoms with E-state index in [9.17, 15) is 8.42 Å². The third-order valence-corrected chi connectivity index (χ3v) is 5.58. The van der Waals surface area contributed by atoms with Gasteiger partial charge in [0.05, 0.1) is 12.3 Å². The zero-order valence-electron chi connectivity index (χ0n) is 16.2. The van der Waals surface area contributed by atoms with Gasteiger partial charge in [0.2, 0.25) is 5.96 Å². The molecule has 1 atom stereocenters. The van der Waals surface area contributed by atoms with Gasteiger partial charge in [0.15, 0.2) is 0 Å². The van der Waals surface area contributed by atoms with Gasteiger partial charge in [-0.15, -0.1) is 4.40 Å². The topological polar surface area (TPSA) is 99.0 Å². The van der Waals surface area contributed by atoms with Crippen LogP contribution in [0.2, 0.25) is 5.02 Å². The maximum absolute atomic E-state index is 12.2. The van der Waals surface area contributed by atoms with Crippen LogP contribution in [0.4, 0.5) is 0 Å². The van der Waals surface area contributed by atoms with E-state index in [2.05, 4.69) is 24.5 Å². The van der Waals surface area contributed by atoms with Crippen LogP contribution in [0.3, 0.4) is 0 Å². The van der Waals surface area contributed by atoms with Crippen molar-refractivity contribution in [2.24, 2.45) is 9.50 Å². The number of rotatable bonds is 6. The average molecular weight is 435 g/mol. The highest BCUT2D eigenvalue weighted by molar-refractivity contribution is 7.88. The number of pyridine rings is 1. The van der Waals surface area contributed by atoms with Gasteiger partial charge in [-0.05, 0) is 35.7 Å². The number of aromatic nitrogens is 1. The lowest BCUT2D eigenvalue weighted by Gasteiger charge is -2.17. The maximum Gasteiger partial charge on any atom is 0.323 e. The average Bonchev–Trinajstić information content (AvgIpc) is 3.17. The molecule has 0 saturated carbocycles. The molecule has 10 heteroatoms. The first-order valence-corrected chi connectivity index (χ1v) is 11.0. The SMILES string of the molecule is CCCNS(=O)(=O)N=C(NC)N1CC(c2cccnc2)C(c2ccc(Cl)cc2)=N1. The van der Waals surface area contributed by atoms with Gasteiger partial charge in [-0.25, -0.2) is 5.01 Å². The van der Waals surface area contributed by atoms with E-state index >= 15 is 0 Å². The first-order chi connectivity index (χ1) is 13.9. The van der Waals surface area contributed by atoms with Crippen LogP contribution in [0.1, 0.15) is 30.4 Å². The van der Waals surface area contributed by atoms with Crippen LogP contribution in [-0.2, 0) is 10.2 Å². The van der Waals surface area contributed by atoms with Crippen LogP contribution in [0, 0.1) is 0 Å². The van der Waals surface area contributed by atoms with Gasteiger partial charge in [0, 0.05) is 36.9 Å². The van der Waals surface area contributed by atoms with Crippen molar-refractivity contribution in [1.29, 1.82) is 0 Å². The van der Waals surface area contributed by atoms with Gasteiger partial charge in [-0.1, -0.05) is 36.7 Å². The van der Waals surface area contributed by atoms with Crippen LogP contribution < -0.4 is 10.0 Å². The van der Waals surface area contributed by atoms with Crippen LogP contribution in [0.15, 0.2) is 58.3 Å². The number of hydrogen-bond acceptors (Lipinski definition) is 4. The van der Waals surface area contributed by atoms with E-state index in [1.807, 2.05) is 31.2 Å². The quantitative estimate of drug-likeness (QED) is 0.537. The second-order valence-corrected chi connectivity index (χ2v) is 8.31. The fraction of sp³-hybridized carbons (Fsp3) is 0.316. The number of hydrazone groups is 1. The first-order valence-electron chi connectivity index (χ1n) is 9.22. The van der Waals surface area contributed by atoms with Crippen molar-refractivity contribution >= 4 is 33.5 Å². The largest absolute Gasteiger partial charge is 0.357 e. The van der Waals surface area contributed by atoms with E-state index in [4.69, 9.17) is 11.6 Å². The minimum absolute atomic E-state index is 0.102. The normalized spacial score (nSPS) is 17.3. The van der Waals surface area contributed by atoms with Crippen molar-refractivity contribution < 1.29 is 8.42 Å². The number of guanidine groups is 1. The Hall–Kier alpha value is -2.49. The minimum atomic E-state index is -3.83. The van der Waals surface area contributed by atoms with Crippen molar-refractivity contribution in [3.8, 4) is 0 Å². The third-order valence-electron chi connectivity index (χ3n) is 4.35. The predicted octanol–water partition coefficient (Wildman–Crippen LogP) is 2.36. The molecule has 0 radical (unpaired) electrons. The Morgan fingerprint density at radius 3 is 2.69 bits per heavy atom. The fourth-order valence-corrected chi connectivity index (χ4v) is 4.02. The van der Waals surface area contributed by atoms with E-state index < -0.39 is 10.2 Å². The second kappa shape index (κ2) is 9.34. The van der Waals surface area contributed by atoms with Crippen LogP contribution in [0.5, 0.6) is 0 Å². The van der Waals surface area contributed by atoms with Crippen molar-refractivity contribution in [1.82, 2.24) is 20.0 Å². The number of halogens is 1. The van der Waals surface area contributed by atoms with E-state index in [0.717, 1.165) is 16.8 Å².